The van der Waals surface area contributed by atoms with Gasteiger partial charge in [0.05, 0.1) is 18.3 Å². The largest absolute Gasteiger partial charge is 0.497 e. The monoisotopic (exact) mass is 350 g/mol. The second-order valence-electron chi connectivity index (χ2n) is 6.31. The number of carbonyl (C=O) groups is 1. The van der Waals surface area contributed by atoms with Gasteiger partial charge in [0.1, 0.15) is 11.5 Å². The molecule has 1 aromatic heterocycles. The fourth-order valence-electron chi connectivity index (χ4n) is 2.66. The number of fused-ring (bicyclic) bond motifs is 1. The van der Waals surface area contributed by atoms with E-state index >= 15 is 0 Å². The zero-order valence-electron chi connectivity index (χ0n) is 15.2. The van der Waals surface area contributed by atoms with E-state index in [1.54, 1.807) is 19.4 Å². The van der Waals surface area contributed by atoms with Gasteiger partial charge < -0.3 is 14.8 Å². The van der Waals surface area contributed by atoms with Gasteiger partial charge in [-0.25, -0.2) is 0 Å². The molecule has 0 fully saturated rings. The van der Waals surface area contributed by atoms with Crippen LogP contribution in [0.2, 0.25) is 0 Å². The maximum Gasteiger partial charge on any atom is 0.262 e. The maximum absolute atomic E-state index is 12.3. The summed E-state index contributed by atoms with van der Waals surface area (Å²) in [6.07, 6.45) is 1.69. The number of rotatable bonds is 6. The number of methoxy groups -OCH3 is 1. The fourth-order valence-corrected chi connectivity index (χ4v) is 2.66. The number of aromatic nitrogens is 1. The van der Waals surface area contributed by atoms with E-state index < -0.39 is 0 Å². The molecule has 0 aliphatic carbocycles. The summed E-state index contributed by atoms with van der Waals surface area (Å²) in [6, 6.07) is 15.2. The van der Waals surface area contributed by atoms with Crippen LogP contribution in [0.15, 0.2) is 54.7 Å². The minimum Gasteiger partial charge on any atom is -0.497 e. The number of nitrogens with zero attached hydrogens (tertiary/aromatic N) is 1. The third-order valence-corrected chi connectivity index (χ3v) is 4.10. The summed E-state index contributed by atoms with van der Waals surface area (Å²) in [4.78, 5) is 16.6. The maximum atomic E-state index is 12.3. The molecule has 2 aromatic carbocycles. The molecule has 3 rings (SSSR count). The van der Waals surface area contributed by atoms with Crippen molar-refractivity contribution in [2.45, 2.75) is 19.8 Å². The standard InChI is InChI=1S/C21H22N2O3/c1-14(2)15-6-8-17(9-7-15)26-13-20(24)23-19-12-18(25-3)11-16-5-4-10-22-21(16)19/h4-12,14H,13H2,1-3H3,(H,23,24). The highest BCUT2D eigenvalue weighted by atomic mass is 16.5. The molecule has 5 heteroatoms. The summed E-state index contributed by atoms with van der Waals surface area (Å²) >= 11 is 0. The average molecular weight is 350 g/mol. The first-order valence-corrected chi connectivity index (χ1v) is 8.52. The third kappa shape index (κ3) is 4.11. The van der Waals surface area contributed by atoms with Gasteiger partial charge in [-0.15, -0.1) is 0 Å². The molecule has 5 nitrogen and oxygen atoms in total. The van der Waals surface area contributed by atoms with Crippen molar-refractivity contribution < 1.29 is 14.3 Å². The van der Waals surface area contributed by atoms with E-state index in [9.17, 15) is 4.79 Å². The second-order valence-corrected chi connectivity index (χ2v) is 6.31. The Hall–Kier alpha value is -3.08. The predicted molar refractivity (Wildman–Crippen MR) is 103 cm³/mol. The Morgan fingerprint density at radius 1 is 1.12 bits per heavy atom. The highest BCUT2D eigenvalue weighted by Gasteiger charge is 2.10. The number of nitrogens with one attached hydrogen (secondary N) is 1. The molecule has 3 aromatic rings. The molecule has 0 aliphatic rings. The lowest BCUT2D eigenvalue weighted by Gasteiger charge is -2.12. The van der Waals surface area contributed by atoms with Crippen molar-refractivity contribution in [3.63, 3.8) is 0 Å². The molecular weight excluding hydrogens is 328 g/mol. The predicted octanol–water partition coefficient (Wildman–Crippen LogP) is 4.38. The fraction of sp³-hybridized carbons (Fsp3) is 0.238. The molecule has 1 N–H and O–H groups in total. The number of anilines is 1. The van der Waals surface area contributed by atoms with Crippen LogP contribution in [-0.4, -0.2) is 24.6 Å². The Kier molecular flexibility index (Phi) is 5.37. The van der Waals surface area contributed by atoms with Crippen LogP contribution in [-0.2, 0) is 4.79 Å². The Labute approximate surface area is 153 Å². The normalized spacial score (nSPS) is 10.8. The molecule has 134 valence electrons. The molecule has 0 saturated carbocycles. The molecule has 1 heterocycles. The molecule has 0 unspecified atom stereocenters. The van der Waals surface area contributed by atoms with Crippen molar-refractivity contribution in [2.75, 3.05) is 19.0 Å². The smallest absolute Gasteiger partial charge is 0.262 e. The summed E-state index contributed by atoms with van der Waals surface area (Å²) in [5, 5.41) is 3.75. The highest BCUT2D eigenvalue weighted by Crippen LogP contribution is 2.27. The Morgan fingerprint density at radius 2 is 1.88 bits per heavy atom. The van der Waals surface area contributed by atoms with Gasteiger partial charge in [-0.3, -0.25) is 9.78 Å². The summed E-state index contributed by atoms with van der Waals surface area (Å²) in [5.74, 6) is 1.53. The van der Waals surface area contributed by atoms with Crippen LogP contribution < -0.4 is 14.8 Å². The van der Waals surface area contributed by atoms with E-state index in [0.29, 0.717) is 28.6 Å². The molecule has 0 bridgehead atoms. The van der Waals surface area contributed by atoms with Crippen molar-refractivity contribution >= 4 is 22.5 Å². The summed E-state index contributed by atoms with van der Waals surface area (Å²) in [6.45, 7) is 4.19. The molecule has 0 saturated heterocycles. The topological polar surface area (TPSA) is 60.5 Å². The lowest BCUT2D eigenvalue weighted by atomic mass is 10.0. The highest BCUT2D eigenvalue weighted by molar-refractivity contribution is 6.01. The van der Waals surface area contributed by atoms with Crippen LogP contribution >= 0.6 is 0 Å². The van der Waals surface area contributed by atoms with E-state index in [-0.39, 0.29) is 12.5 Å². The third-order valence-electron chi connectivity index (χ3n) is 4.10. The number of benzene rings is 2. The zero-order valence-corrected chi connectivity index (χ0v) is 15.2. The van der Waals surface area contributed by atoms with E-state index in [2.05, 4.69) is 24.1 Å². The van der Waals surface area contributed by atoms with Crippen molar-refractivity contribution in [1.82, 2.24) is 4.98 Å². The molecule has 26 heavy (non-hydrogen) atoms. The SMILES string of the molecule is COc1cc(NC(=O)COc2ccc(C(C)C)cc2)c2ncccc2c1. The first-order chi connectivity index (χ1) is 12.6. The Morgan fingerprint density at radius 3 is 2.58 bits per heavy atom. The van der Waals surface area contributed by atoms with Gasteiger partial charge in [-0.05, 0) is 35.7 Å². The van der Waals surface area contributed by atoms with Crippen molar-refractivity contribution in [1.29, 1.82) is 0 Å². The van der Waals surface area contributed by atoms with Gasteiger partial charge in [-0.1, -0.05) is 32.0 Å². The van der Waals surface area contributed by atoms with Crippen LogP contribution in [0.25, 0.3) is 10.9 Å². The Balaban J connectivity index is 1.69. The van der Waals surface area contributed by atoms with Crippen LogP contribution in [0, 0.1) is 0 Å². The van der Waals surface area contributed by atoms with Gasteiger partial charge in [0.25, 0.3) is 5.91 Å². The van der Waals surface area contributed by atoms with Gasteiger partial charge in [0.15, 0.2) is 6.61 Å². The molecule has 0 atom stereocenters. The van der Waals surface area contributed by atoms with Crippen LogP contribution in [0.5, 0.6) is 11.5 Å². The van der Waals surface area contributed by atoms with Crippen molar-refractivity contribution in [2.24, 2.45) is 0 Å². The second kappa shape index (κ2) is 7.87. The lowest BCUT2D eigenvalue weighted by Crippen LogP contribution is -2.20. The summed E-state index contributed by atoms with van der Waals surface area (Å²) < 4.78 is 10.9. The Bertz CT molecular complexity index is 905. The van der Waals surface area contributed by atoms with E-state index in [1.165, 1.54) is 5.56 Å². The van der Waals surface area contributed by atoms with E-state index in [4.69, 9.17) is 9.47 Å². The van der Waals surface area contributed by atoms with Gasteiger partial charge in [-0.2, -0.15) is 0 Å². The lowest BCUT2D eigenvalue weighted by molar-refractivity contribution is -0.118. The molecular formula is C21H22N2O3. The van der Waals surface area contributed by atoms with Gasteiger partial charge in [0.2, 0.25) is 0 Å². The number of hydrogen-bond acceptors (Lipinski definition) is 4. The molecule has 0 radical (unpaired) electrons. The summed E-state index contributed by atoms with van der Waals surface area (Å²) in [5.41, 5.74) is 2.54. The van der Waals surface area contributed by atoms with E-state index in [0.717, 1.165) is 5.39 Å². The first kappa shape index (κ1) is 17.7. The van der Waals surface area contributed by atoms with E-state index in [1.807, 2.05) is 42.5 Å². The zero-order chi connectivity index (χ0) is 18.5. The minimum absolute atomic E-state index is 0.0768. The minimum atomic E-state index is -0.252. The first-order valence-electron chi connectivity index (χ1n) is 8.52. The molecule has 0 spiro atoms. The van der Waals surface area contributed by atoms with Crippen molar-refractivity contribution in [3.05, 3.63) is 60.3 Å². The molecule has 0 aliphatic heterocycles. The average Bonchev–Trinajstić information content (AvgIpc) is 2.66. The quantitative estimate of drug-likeness (QED) is 0.716. The number of amides is 1. The summed E-state index contributed by atoms with van der Waals surface area (Å²) in [7, 11) is 1.59. The van der Waals surface area contributed by atoms with Crippen LogP contribution in [0.3, 0.4) is 0 Å². The van der Waals surface area contributed by atoms with Gasteiger partial charge in [0, 0.05) is 17.6 Å². The van der Waals surface area contributed by atoms with Gasteiger partial charge >= 0.3 is 0 Å². The molecule has 1 amide bonds. The number of hydrogen-bond donors (Lipinski definition) is 1. The number of pyridine rings is 1. The number of carbonyl (C=O) groups excluding carboxylic acids is 1. The number of ether oxygens (including phenoxy) is 2. The van der Waals surface area contributed by atoms with Crippen molar-refractivity contribution in [3.8, 4) is 11.5 Å². The van der Waals surface area contributed by atoms with Crippen LogP contribution in [0.1, 0.15) is 25.3 Å². The van der Waals surface area contributed by atoms with Crippen LogP contribution in [0.4, 0.5) is 5.69 Å².